The van der Waals surface area contributed by atoms with Crippen LogP contribution >= 0.6 is 15.9 Å². The molecular weight excluding hydrogens is 324 g/mol. The lowest BCUT2D eigenvalue weighted by atomic mass is 9.85. The normalized spacial score (nSPS) is 22.2. The van der Waals surface area contributed by atoms with Crippen LogP contribution in [0.25, 0.3) is 0 Å². The molecule has 1 amide bonds. The van der Waals surface area contributed by atoms with Crippen molar-refractivity contribution in [2.75, 3.05) is 5.73 Å². The third-order valence-corrected chi connectivity index (χ3v) is 4.00. The molecule has 20 heavy (non-hydrogen) atoms. The SMILES string of the molecule is Nc1cc(Br)cc(C(=O)NC2CCCC(C(=O)O)C2)c1. The van der Waals surface area contributed by atoms with Gasteiger partial charge < -0.3 is 16.2 Å². The molecule has 1 aromatic rings. The van der Waals surface area contributed by atoms with E-state index in [9.17, 15) is 9.59 Å². The van der Waals surface area contributed by atoms with E-state index in [0.29, 0.717) is 24.1 Å². The van der Waals surface area contributed by atoms with Gasteiger partial charge in [0.2, 0.25) is 0 Å². The van der Waals surface area contributed by atoms with Crippen LogP contribution in [0, 0.1) is 5.92 Å². The number of halogens is 1. The monoisotopic (exact) mass is 340 g/mol. The zero-order valence-electron chi connectivity index (χ0n) is 10.9. The summed E-state index contributed by atoms with van der Waals surface area (Å²) in [5.41, 5.74) is 6.70. The molecule has 0 aromatic heterocycles. The Kier molecular flexibility index (Phi) is 4.65. The summed E-state index contributed by atoms with van der Waals surface area (Å²) in [7, 11) is 0. The lowest BCUT2D eigenvalue weighted by Gasteiger charge is -2.27. The first-order valence-electron chi connectivity index (χ1n) is 6.55. The summed E-state index contributed by atoms with van der Waals surface area (Å²) in [5, 5.41) is 11.9. The number of carbonyl (C=O) groups excluding carboxylic acids is 1. The predicted molar refractivity (Wildman–Crippen MR) is 79.4 cm³/mol. The summed E-state index contributed by atoms with van der Waals surface area (Å²) in [6.45, 7) is 0. The van der Waals surface area contributed by atoms with Gasteiger partial charge in [0.15, 0.2) is 0 Å². The summed E-state index contributed by atoms with van der Waals surface area (Å²) < 4.78 is 0.745. The van der Waals surface area contributed by atoms with Crippen LogP contribution in [0.1, 0.15) is 36.0 Å². The zero-order chi connectivity index (χ0) is 14.7. The number of nitrogen functional groups attached to an aromatic ring is 1. The Bertz CT molecular complexity index is 513. The number of benzene rings is 1. The van der Waals surface area contributed by atoms with E-state index < -0.39 is 5.97 Å². The first kappa shape index (κ1) is 14.8. The second kappa shape index (κ2) is 6.26. The van der Waals surface area contributed by atoms with E-state index >= 15 is 0 Å². The van der Waals surface area contributed by atoms with Crippen LogP contribution in [0.4, 0.5) is 5.69 Å². The fourth-order valence-electron chi connectivity index (χ4n) is 2.56. The summed E-state index contributed by atoms with van der Waals surface area (Å²) in [6.07, 6.45) is 2.82. The Labute approximate surface area is 125 Å². The Balaban J connectivity index is 2.02. The minimum Gasteiger partial charge on any atom is -0.481 e. The van der Waals surface area contributed by atoms with Crippen LogP contribution in [0.3, 0.4) is 0 Å². The second-order valence-electron chi connectivity index (χ2n) is 5.15. The van der Waals surface area contributed by atoms with Crippen LogP contribution in [0.2, 0.25) is 0 Å². The van der Waals surface area contributed by atoms with Gasteiger partial charge in [0, 0.05) is 21.8 Å². The van der Waals surface area contributed by atoms with Crippen molar-refractivity contribution in [3.63, 3.8) is 0 Å². The van der Waals surface area contributed by atoms with Crippen molar-refractivity contribution < 1.29 is 14.7 Å². The van der Waals surface area contributed by atoms with E-state index in [4.69, 9.17) is 10.8 Å². The molecule has 0 spiro atoms. The maximum atomic E-state index is 12.2. The average molecular weight is 341 g/mol. The minimum absolute atomic E-state index is 0.0856. The molecule has 0 saturated heterocycles. The third kappa shape index (κ3) is 3.72. The number of rotatable bonds is 3. The van der Waals surface area contributed by atoms with Crippen LogP contribution in [0.15, 0.2) is 22.7 Å². The van der Waals surface area contributed by atoms with E-state index in [1.807, 2.05) is 0 Å². The Hall–Kier alpha value is -1.56. The van der Waals surface area contributed by atoms with E-state index in [1.165, 1.54) is 0 Å². The Morgan fingerprint density at radius 2 is 2.05 bits per heavy atom. The average Bonchev–Trinajstić information content (AvgIpc) is 2.37. The molecule has 1 aliphatic carbocycles. The molecule has 2 unspecified atom stereocenters. The van der Waals surface area contributed by atoms with E-state index in [-0.39, 0.29) is 17.9 Å². The molecule has 1 aliphatic rings. The van der Waals surface area contributed by atoms with Gasteiger partial charge in [-0.05, 0) is 37.5 Å². The maximum Gasteiger partial charge on any atom is 0.306 e. The van der Waals surface area contributed by atoms with Gasteiger partial charge in [-0.25, -0.2) is 0 Å². The highest BCUT2D eigenvalue weighted by molar-refractivity contribution is 9.10. The molecular formula is C14H17BrN2O3. The molecule has 6 heteroatoms. The largest absolute Gasteiger partial charge is 0.481 e. The Morgan fingerprint density at radius 1 is 1.30 bits per heavy atom. The predicted octanol–water partition coefficient (Wildman–Crippen LogP) is 2.40. The van der Waals surface area contributed by atoms with Gasteiger partial charge in [0.25, 0.3) is 5.91 Å². The lowest BCUT2D eigenvalue weighted by Crippen LogP contribution is -2.39. The van der Waals surface area contributed by atoms with Gasteiger partial charge in [-0.2, -0.15) is 0 Å². The van der Waals surface area contributed by atoms with Gasteiger partial charge in [-0.1, -0.05) is 22.4 Å². The topological polar surface area (TPSA) is 92.4 Å². The third-order valence-electron chi connectivity index (χ3n) is 3.54. The van der Waals surface area contributed by atoms with Gasteiger partial charge in [0.05, 0.1) is 5.92 Å². The van der Waals surface area contributed by atoms with Crippen molar-refractivity contribution in [3.8, 4) is 0 Å². The van der Waals surface area contributed by atoms with Crippen molar-refractivity contribution in [2.45, 2.75) is 31.7 Å². The highest BCUT2D eigenvalue weighted by atomic mass is 79.9. The molecule has 108 valence electrons. The first-order chi connectivity index (χ1) is 9.45. The highest BCUT2D eigenvalue weighted by Crippen LogP contribution is 2.25. The maximum absolute atomic E-state index is 12.2. The van der Waals surface area contributed by atoms with Crippen LogP contribution in [-0.4, -0.2) is 23.0 Å². The number of nitrogens with one attached hydrogen (secondary N) is 1. The van der Waals surface area contributed by atoms with Crippen molar-refractivity contribution in [3.05, 3.63) is 28.2 Å². The molecule has 0 bridgehead atoms. The number of hydrogen-bond acceptors (Lipinski definition) is 3. The van der Waals surface area contributed by atoms with Crippen molar-refractivity contribution >= 4 is 33.5 Å². The quantitative estimate of drug-likeness (QED) is 0.736. The number of amides is 1. The fraction of sp³-hybridized carbons (Fsp3) is 0.429. The molecule has 0 heterocycles. The van der Waals surface area contributed by atoms with E-state index in [1.54, 1.807) is 18.2 Å². The number of carbonyl (C=O) groups is 2. The molecule has 1 aromatic carbocycles. The summed E-state index contributed by atoms with van der Waals surface area (Å²) in [6, 6.07) is 4.94. The number of anilines is 1. The molecule has 2 rings (SSSR count). The van der Waals surface area contributed by atoms with Gasteiger partial charge >= 0.3 is 5.97 Å². The zero-order valence-corrected chi connectivity index (χ0v) is 12.5. The lowest BCUT2D eigenvalue weighted by molar-refractivity contribution is -0.143. The van der Waals surface area contributed by atoms with E-state index in [0.717, 1.165) is 17.3 Å². The number of carboxylic acids is 1. The minimum atomic E-state index is -0.782. The van der Waals surface area contributed by atoms with Crippen LogP contribution < -0.4 is 11.1 Å². The smallest absolute Gasteiger partial charge is 0.306 e. The number of hydrogen-bond donors (Lipinski definition) is 3. The standard InChI is InChI=1S/C14H17BrN2O3/c15-10-4-9(5-11(16)7-10)13(18)17-12-3-1-2-8(6-12)14(19)20/h4-5,7-8,12H,1-3,6,16H2,(H,17,18)(H,19,20). The molecule has 2 atom stereocenters. The second-order valence-corrected chi connectivity index (χ2v) is 6.06. The molecule has 1 fully saturated rings. The number of carboxylic acid groups (broad SMARTS) is 1. The van der Waals surface area contributed by atoms with Crippen molar-refractivity contribution in [1.29, 1.82) is 0 Å². The molecule has 0 aliphatic heterocycles. The van der Waals surface area contributed by atoms with Crippen LogP contribution in [-0.2, 0) is 4.79 Å². The molecule has 5 nitrogen and oxygen atoms in total. The summed E-state index contributed by atoms with van der Waals surface area (Å²) in [4.78, 5) is 23.2. The summed E-state index contributed by atoms with van der Waals surface area (Å²) >= 11 is 3.30. The van der Waals surface area contributed by atoms with Gasteiger partial charge in [-0.3, -0.25) is 9.59 Å². The molecule has 4 N–H and O–H groups in total. The molecule has 0 radical (unpaired) electrons. The summed E-state index contributed by atoms with van der Waals surface area (Å²) in [5.74, 6) is -1.36. The van der Waals surface area contributed by atoms with Crippen LogP contribution in [0.5, 0.6) is 0 Å². The highest BCUT2D eigenvalue weighted by Gasteiger charge is 2.28. The first-order valence-corrected chi connectivity index (χ1v) is 7.34. The van der Waals surface area contributed by atoms with E-state index in [2.05, 4.69) is 21.2 Å². The number of nitrogens with two attached hydrogens (primary N) is 1. The Morgan fingerprint density at radius 3 is 2.70 bits per heavy atom. The van der Waals surface area contributed by atoms with Crippen molar-refractivity contribution in [2.24, 2.45) is 5.92 Å². The fourth-order valence-corrected chi connectivity index (χ4v) is 3.07. The number of aliphatic carboxylic acids is 1. The van der Waals surface area contributed by atoms with Crippen molar-refractivity contribution in [1.82, 2.24) is 5.32 Å². The molecule has 1 saturated carbocycles. The van der Waals surface area contributed by atoms with Gasteiger partial charge in [-0.15, -0.1) is 0 Å². The van der Waals surface area contributed by atoms with Gasteiger partial charge in [0.1, 0.15) is 0 Å².